The quantitative estimate of drug-likeness (QED) is 0.817. The number of nitrogen functional groups attached to an aromatic ring is 1. The number of nitrogens with two attached hydrogens (primary N) is 1. The summed E-state index contributed by atoms with van der Waals surface area (Å²) in [6.45, 7) is 5.58. The molecule has 0 fully saturated rings. The first-order valence-corrected chi connectivity index (χ1v) is 6.31. The maximum atomic E-state index is 11.9. The predicted octanol–water partition coefficient (Wildman–Crippen LogP) is 2.34. The van der Waals surface area contributed by atoms with Gasteiger partial charge in [-0.1, -0.05) is 11.3 Å². The number of aromatic nitrogens is 1. The molecule has 0 saturated carbocycles. The van der Waals surface area contributed by atoms with Gasteiger partial charge < -0.3 is 5.73 Å². The van der Waals surface area contributed by atoms with E-state index in [1.54, 1.807) is 18.2 Å². The Morgan fingerprint density at radius 3 is 2.83 bits per heavy atom. The summed E-state index contributed by atoms with van der Waals surface area (Å²) >= 11 is 1.35. The molecule has 0 radical (unpaired) electrons. The molecule has 0 bridgehead atoms. The third-order valence-electron chi connectivity index (χ3n) is 2.12. The molecule has 1 aromatic carbocycles. The van der Waals surface area contributed by atoms with Crippen molar-refractivity contribution in [1.82, 2.24) is 10.5 Å². The number of benzene rings is 1. The minimum absolute atomic E-state index is 0.279. The number of hydrogen-bond donors (Lipinski definition) is 2. The van der Waals surface area contributed by atoms with E-state index in [-0.39, 0.29) is 5.91 Å². The number of hydroxylamine groups is 1. The van der Waals surface area contributed by atoms with Gasteiger partial charge >= 0.3 is 0 Å². The third kappa shape index (κ3) is 2.96. The average Bonchev–Trinajstić information content (AvgIpc) is 2.63. The Bertz CT molecular complexity index is 587. The van der Waals surface area contributed by atoms with E-state index < -0.39 is 5.60 Å². The standard InChI is InChI=1S/C12H15N3O2S/c1-12(2,3)17-15-10(16)7-4-5-8-9(6-7)18-11(13)14-8/h4-6H,1-3H3,(H2,13,14)(H,15,16). The van der Waals surface area contributed by atoms with Crippen molar-refractivity contribution in [3.05, 3.63) is 23.8 Å². The van der Waals surface area contributed by atoms with Crippen LogP contribution in [0.25, 0.3) is 10.2 Å². The van der Waals surface area contributed by atoms with Gasteiger partial charge in [-0.15, -0.1) is 0 Å². The van der Waals surface area contributed by atoms with Gasteiger partial charge in [0.2, 0.25) is 0 Å². The van der Waals surface area contributed by atoms with Crippen LogP contribution in [-0.4, -0.2) is 16.5 Å². The first-order valence-electron chi connectivity index (χ1n) is 5.49. The zero-order valence-corrected chi connectivity index (χ0v) is 11.3. The van der Waals surface area contributed by atoms with E-state index in [1.807, 2.05) is 20.8 Å². The molecule has 96 valence electrons. The number of rotatable bonds is 2. The molecule has 5 nitrogen and oxygen atoms in total. The molecular weight excluding hydrogens is 250 g/mol. The molecule has 6 heteroatoms. The summed E-state index contributed by atoms with van der Waals surface area (Å²) in [5, 5.41) is 0.494. The molecule has 1 amide bonds. The van der Waals surface area contributed by atoms with Crippen LogP contribution in [0.15, 0.2) is 18.2 Å². The van der Waals surface area contributed by atoms with Gasteiger partial charge in [0, 0.05) is 5.56 Å². The summed E-state index contributed by atoms with van der Waals surface area (Å²) in [4.78, 5) is 21.2. The molecule has 2 aromatic rings. The van der Waals surface area contributed by atoms with Crippen LogP contribution in [0.5, 0.6) is 0 Å². The topological polar surface area (TPSA) is 77.2 Å². The monoisotopic (exact) mass is 265 g/mol. The second kappa shape index (κ2) is 4.55. The zero-order valence-electron chi connectivity index (χ0n) is 10.5. The number of anilines is 1. The highest BCUT2D eigenvalue weighted by Gasteiger charge is 2.14. The normalized spacial score (nSPS) is 11.7. The maximum Gasteiger partial charge on any atom is 0.274 e. The summed E-state index contributed by atoms with van der Waals surface area (Å²) in [5.41, 5.74) is 8.94. The predicted molar refractivity (Wildman–Crippen MR) is 72.3 cm³/mol. The SMILES string of the molecule is CC(C)(C)ONC(=O)c1ccc2nc(N)sc2c1. The summed E-state index contributed by atoms with van der Waals surface area (Å²) in [7, 11) is 0. The maximum absolute atomic E-state index is 11.9. The Morgan fingerprint density at radius 1 is 1.44 bits per heavy atom. The molecular formula is C12H15N3O2S. The molecule has 0 spiro atoms. The van der Waals surface area contributed by atoms with E-state index in [9.17, 15) is 4.79 Å². The Morgan fingerprint density at radius 2 is 2.17 bits per heavy atom. The fourth-order valence-corrected chi connectivity index (χ4v) is 2.12. The van der Waals surface area contributed by atoms with Crippen molar-refractivity contribution in [2.75, 3.05) is 5.73 Å². The number of hydrogen-bond acceptors (Lipinski definition) is 5. The van der Waals surface area contributed by atoms with Crippen molar-refractivity contribution in [2.24, 2.45) is 0 Å². The molecule has 1 heterocycles. The van der Waals surface area contributed by atoms with Crippen LogP contribution in [0.2, 0.25) is 0 Å². The highest BCUT2D eigenvalue weighted by Crippen LogP contribution is 2.24. The number of amides is 1. The largest absolute Gasteiger partial charge is 0.375 e. The highest BCUT2D eigenvalue weighted by molar-refractivity contribution is 7.22. The van der Waals surface area contributed by atoms with Gasteiger partial charge in [0.1, 0.15) is 0 Å². The molecule has 1 aromatic heterocycles. The summed E-state index contributed by atoms with van der Waals surface area (Å²) in [5.74, 6) is -0.279. The molecule has 3 N–H and O–H groups in total. The molecule has 18 heavy (non-hydrogen) atoms. The molecule has 0 aliphatic rings. The van der Waals surface area contributed by atoms with Crippen molar-refractivity contribution in [3.8, 4) is 0 Å². The van der Waals surface area contributed by atoms with Crippen LogP contribution in [0, 0.1) is 0 Å². The van der Waals surface area contributed by atoms with Crippen molar-refractivity contribution in [2.45, 2.75) is 26.4 Å². The number of carbonyl (C=O) groups is 1. The second-order valence-electron chi connectivity index (χ2n) is 4.88. The van der Waals surface area contributed by atoms with Crippen LogP contribution >= 0.6 is 11.3 Å². The van der Waals surface area contributed by atoms with Crippen LogP contribution in [0.3, 0.4) is 0 Å². The fourth-order valence-electron chi connectivity index (χ4n) is 1.34. The number of nitrogens with zero attached hydrogens (tertiary/aromatic N) is 1. The van der Waals surface area contributed by atoms with E-state index >= 15 is 0 Å². The number of nitrogens with one attached hydrogen (secondary N) is 1. The van der Waals surface area contributed by atoms with Crippen LogP contribution in [0.4, 0.5) is 5.13 Å². The Hall–Kier alpha value is -1.66. The number of carbonyl (C=O) groups excluding carboxylic acids is 1. The first kappa shape index (κ1) is 12.8. The smallest absolute Gasteiger partial charge is 0.274 e. The lowest BCUT2D eigenvalue weighted by molar-refractivity contribution is -0.0589. The molecule has 0 unspecified atom stereocenters. The van der Waals surface area contributed by atoms with Gasteiger partial charge in [-0.25, -0.2) is 10.5 Å². The van der Waals surface area contributed by atoms with Gasteiger partial charge in [0.05, 0.1) is 15.8 Å². The fraction of sp³-hybridized carbons (Fsp3) is 0.333. The van der Waals surface area contributed by atoms with Gasteiger partial charge in [0.15, 0.2) is 5.13 Å². The van der Waals surface area contributed by atoms with Crippen LogP contribution in [-0.2, 0) is 4.84 Å². The van der Waals surface area contributed by atoms with E-state index in [4.69, 9.17) is 10.6 Å². The van der Waals surface area contributed by atoms with Gasteiger partial charge in [-0.3, -0.25) is 9.63 Å². The van der Waals surface area contributed by atoms with Crippen LogP contribution < -0.4 is 11.2 Å². The van der Waals surface area contributed by atoms with Gasteiger partial charge in [0.25, 0.3) is 5.91 Å². The lowest BCUT2D eigenvalue weighted by Crippen LogP contribution is -2.33. The highest BCUT2D eigenvalue weighted by atomic mass is 32.1. The second-order valence-corrected chi connectivity index (χ2v) is 5.94. The van der Waals surface area contributed by atoms with E-state index in [0.717, 1.165) is 10.2 Å². The summed E-state index contributed by atoms with van der Waals surface area (Å²) < 4.78 is 0.885. The molecule has 0 atom stereocenters. The lowest BCUT2D eigenvalue weighted by Gasteiger charge is -2.18. The van der Waals surface area contributed by atoms with E-state index in [1.165, 1.54) is 11.3 Å². The van der Waals surface area contributed by atoms with E-state index in [2.05, 4.69) is 10.5 Å². The van der Waals surface area contributed by atoms with E-state index in [0.29, 0.717) is 10.7 Å². The molecule has 0 aliphatic heterocycles. The van der Waals surface area contributed by atoms with Crippen LogP contribution in [0.1, 0.15) is 31.1 Å². The van der Waals surface area contributed by atoms with Crippen molar-refractivity contribution >= 4 is 32.6 Å². The Kier molecular flexibility index (Phi) is 3.23. The molecule has 2 rings (SSSR count). The van der Waals surface area contributed by atoms with Crippen molar-refractivity contribution < 1.29 is 9.63 Å². The average molecular weight is 265 g/mol. The van der Waals surface area contributed by atoms with Crippen molar-refractivity contribution in [3.63, 3.8) is 0 Å². The zero-order chi connectivity index (χ0) is 13.3. The minimum atomic E-state index is -0.422. The summed E-state index contributed by atoms with van der Waals surface area (Å²) in [6.07, 6.45) is 0. The third-order valence-corrected chi connectivity index (χ3v) is 2.96. The lowest BCUT2D eigenvalue weighted by atomic mass is 10.2. The Labute approximate surface area is 109 Å². The van der Waals surface area contributed by atoms with Crippen molar-refractivity contribution in [1.29, 1.82) is 0 Å². The van der Waals surface area contributed by atoms with Gasteiger partial charge in [-0.05, 0) is 39.0 Å². The number of fused-ring (bicyclic) bond motifs is 1. The van der Waals surface area contributed by atoms with Gasteiger partial charge in [-0.2, -0.15) is 0 Å². The first-order chi connectivity index (χ1) is 8.35. The molecule has 0 saturated heterocycles. The Balaban J connectivity index is 2.17. The summed E-state index contributed by atoms with van der Waals surface area (Å²) in [6, 6.07) is 5.22. The minimum Gasteiger partial charge on any atom is -0.375 e. The molecule has 0 aliphatic carbocycles. The number of thiazole rings is 1.